The molecule has 8 heteroatoms. The van der Waals surface area contributed by atoms with E-state index < -0.39 is 22.0 Å². The topological polar surface area (TPSA) is 95.6 Å². The number of para-hydroxylation sites is 2. The number of benzene rings is 3. The molecule has 0 fully saturated rings. The lowest BCUT2D eigenvalue weighted by molar-refractivity contribution is -0.117. The van der Waals surface area contributed by atoms with E-state index in [1.165, 1.54) is 0 Å². The van der Waals surface area contributed by atoms with E-state index in [0.29, 0.717) is 23.5 Å². The maximum atomic E-state index is 13.2. The molecule has 33 heavy (non-hydrogen) atoms. The predicted octanol–water partition coefficient (Wildman–Crippen LogP) is 3.80. The third kappa shape index (κ3) is 6.20. The van der Waals surface area contributed by atoms with Gasteiger partial charge in [0.25, 0.3) is 5.91 Å². The maximum absolute atomic E-state index is 13.2. The Kier molecular flexibility index (Phi) is 7.84. The highest BCUT2D eigenvalue weighted by Crippen LogP contribution is 2.24. The summed E-state index contributed by atoms with van der Waals surface area (Å²) in [5.41, 5.74) is 1.95. The Morgan fingerprint density at radius 2 is 1.45 bits per heavy atom. The van der Waals surface area contributed by atoms with Gasteiger partial charge in [-0.2, -0.15) is 0 Å². The standard InChI is InChI=1S/C25H27N3O4S/c1-3-23(28(33(2,31)32)20-14-8-5-9-15-20)25(30)27-22-17-11-10-16-21(22)24(29)26-18-19-12-6-4-7-13-19/h4-17,23H,3,18H2,1-2H3,(H,26,29)(H,27,30)/t23-/m0/s1. The molecular formula is C25H27N3O4S. The highest BCUT2D eigenvalue weighted by Gasteiger charge is 2.32. The van der Waals surface area contributed by atoms with Gasteiger partial charge in [0.1, 0.15) is 6.04 Å². The highest BCUT2D eigenvalue weighted by molar-refractivity contribution is 7.92. The van der Waals surface area contributed by atoms with E-state index in [0.717, 1.165) is 16.1 Å². The van der Waals surface area contributed by atoms with Crippen LogP contribution in [-0.2, 0) is 21.4 Å². The molecule has 2 amide bonds. The first-order chi connectivity index (χ1) is 15.8. The summed E-state index contributed by atoms with van der Waals surface area (Å²) < 4.78 is 26.2. The number of amides is 2. The van der Waals surface area contributed by atoms with E-state index in [9.17, 15) is 18.0 Å². The molecule has 0 heterocycles. The van der Waals surface area contributed by atoms with Crippen LogP contribution in [0.3, 0.4) is 0 Å². The van der Waals surface area contributed by atoms with Gasteiger partial charge >= 0.3 is 0 Å². The van der Waals surface area contributed by atoms with Gasteiger partial charge in [0.05, 0.1) is 23.2 Å². The van der Waals surface area contributed by atoms with Crippen LogP contribution in [0, 0.1) is 0 Å². The fraction of sp³-hybridized carbons (Fsp3) is 0.200. The van der Waals surface area contributed by atoms with E-state index in [4.69, 9.17) is 0 Å². The minimum absolute atomic E-state index is 0.246. The number of hydrogen-bond acceptors (Lipinski definition) is 4. The van der Waals surface area contributed by atoms with Gasteiger partial charge in [-0.15, -0.1) is 0 Å². The first-order valence-electron chi connectivity index (χ1n) is 10.6. The number of anilines is 2. The molecule has 0 bridgehead atoms. The monoisotopic (exact) mass is 465 g/mol. The molecule has 0 spiro atoms. The van der Waals surface area contributed by atoms with Crippen LogP contribution in [0.2, 0.25) is 0 Å². The van der Waals surface area contributed by atoms with Gasteiger partial charge in [-0.25, -0.2) is 8.42 Å². The van der Waals surface area contributed by atoms with Crippen LogP contribution in [0.1, 0.15) is 29.3 Å². The molecule has 0 aliphatic carbocycles. The highest BCUT2D eigenvalue weighted by atomic mass is 32.2. The molecule has 0 saturated carbocycles. The molecule has 0 aliphatic rings. The number of carbonyl (C=O) groups is 2. The summed E-state index contributed by atoms with van der Waals surface area (Å²) in [5.74, 6) is -0.860. The third-order valence-electron chi connectivity index (χ3n) is 5.07. The molecule has 172 valence electrons. The second-order valence-corrected chi connectivity index (χ2v) is 9.38. The van der Waals surface area contributed by atoms with Gasteiger partial charge in [-0.05, 0) is 36.2 Å². The third-order valence-corrected chi connectivity index (χ3v) is 6.25. The Morgan fingerprint density at radius 3 is 2.06 bits per heavy atom. The summed E-state index contributed by atoms with van der Waals surface area (Å²) in [6.45, 7) is 2.08. The molecule has 0 aromatic heterocycles. The van der Waals surface area contributed by atoms with Crippen molar-refractivity contribution in [3.8, 4) is 0 Å². The zero-order valence-electron chi connectivity index (χ0n) is 18.6. The number of nitrogens with zero attached hydrogens (tertiary/aromatic N) is 1. The van der Waals surface area contributed by atoms with E-state index >= 15 is 0 Å². The molecule has 2 N–H and O–H groups in total. The first kappa shape index (κ1) is 24.0. The Labute approximate surface area is 194 Å². The van der Waals surface area contributed by atoms with Crippen molar-refractivity contribution in [3.05, 3.63) is 96.1 Å². The van der Waals surface area contributed by atoms with Gasteiger partial charge in [0.2, 0.25) is 15.9 Å². The van der Waals surface area contributed by atoms with Gasteiger partial charge in [0, 0.05) is 6.54 Å². The van der Waals surface area contributed by atoms with E-state index in [-0.39, 0.29) is 12.3 Å². The van der Waals surface area contributed by atoms with Crippen molar-refractivity contribution < 1.29 is 18.0 Å². The average molecular weight is 466 g/mol. The van der Waals surface area contributed by atoms with Crippen molar-refractivity contribution >= 4 is 33.2 Å². The fourth-order valence-corrected chi connectivity index (χ4v) is 4.73. The van der Waals surface area contributed by atoms with E-state index in [1.54, 1.807) is 61.5 Å². The molecular weight excluding hydrogens is 438 g/mol. The second kappa shape index (κ2) is 10.8. The predicted molar refractivity (Wildman–Crippen MR) is 131 cm³/mol. The minimum Gasteiger partial charge on any atom is -0.348 e. The smallest absolute Gasteiger partial charge is 0.253 e. The number of sulfonamides is 1. The summed E-state index contributed by atoms with van der Waals surface area (Å²) in [6, 6.07) is 23.6. The second-order valence-electron chi connectivity index (χ2n) is 7.52. The van der Waals surface area contributed by atoms with Gasteiger partial charge in [-0.3, -0.25) is 13.9 Å². The lowest BCUT2D eigenvalue weighted by atomic mass is 10.1. The Bertz CT molecular complexity index is 1200. The molecule has 0 radical (unpaired) electrons. The quantitative estimate of drug-likeness (QED) is 0.502. The summed E-state index contributed by atoms with van der Waals surface area (Å²) in [7, 11) is -3.74. The Hall–Kier alpha value is -3.65. The molecule has 1 atom stereocenters. The summed E-state index contributed by atoms with van der Waals surface area (Å²) >= 11 is 0. The van der Waals surface area contributed by atoms with Crippen LogP contribution < -0.4 is 14.9 Å². The molecule has 3 aromatic carbocycles. The van der Waals surface area contributed by atoms with Crippen LogP contribution in [0.25, 0.3) is 0 Å². The summed E-state index contributed by atoms with van der Waals surface area (Å²) in [6.07, 6.45) is 1.32. The number of nitrogens with one attached hydrogen (secondary N) is 2. The molecule has 3 rings (SSSR count). The summed E-state index contributed by atoms with van der Waals surface area (Å²) in [4.78, 5) is 26.0. The van der Waals surface area contributed by atoms with Crippen molar-refractivity contribution in [2.24, 2.45) is 0 Å². The Balaban J connectivity index is 1.82. The number of carbonyl (C=O) groups excluding carboxylic acids is 2. The molecule has 0 saturated heterocycles. The van der Waals surface area contributed by atoms with Crippen molar-refractivity contribution in [2.45, 2.75) is 25.9 Å². The lowest BCUT2D eigenvalue weighted by Gasteiger charge is -2.30. The van der Waals surface area contributed by atoms with Gasteiger partial charge in [0.15, 0.2) is 0 Å². The SMILES string of the molecule is CC[C@@H](C(=O)Nc1ccccc1C(=O)NCc1ccccc1)N(c1ccccc1)S(C)(=O)=O. The minimum atomic E-state index is -3.74. The van der Waals surface area contributed by atoms with E-state index in [2.05, 4.69) is 10.6 Å². The van der Waals surface area contributed by atoms with Gasteiger partial charge in [-0.1, -0.05) is 67.6 Å². The van der Waals surface area contributed by atoms with Gasteiger partial charge < -0.3 is 10.6 Å². The van der Waals surface area contributed by atoms with E-state index in [1.807, 2.05) is 30.3 Å². The van der Waals surface area contributed by atoms with Crippen LogP contribution in [-0.4, -0.2) is 32.5 Å². The zero-order chi connectivity index (χ0) is 23.8. The van der Waals surface area contributed by atoms with Crippen molar-refractivity contribution in [1.29, 1.82) is 0 Å². The largest absolute Gasteiger partial charge is 0.348 e. The molecule has 3 aromatic rings. The lowest BCUT2D eigenvalue weighted by Crippen LogP contribution is -2.47. The van der Waals surface area contributed by atoms with Crippen LogP contribution in [0.5, 0.6) is 0 Å². The molecule has 7 nitrogen and oxygen atoms in total. The molecule has 0 aliphatic heterocycles. The Morgan fingerprint density at radius 1 is 0.879 bits per heavy atom. The summed E-state index contributed by atoms with van der Waals surface area (Å²) in [5, 5.41) is 5.61. The van der Waals surface area contributed by atoms with Crippen LogP contribution in [0.15, 0.2) is 84.9 Å². The maximum Gasteiger partial charge on any atom is 0.253 e. The molecule has 0 unspecified atom stereocenters. The van der Waals surface area contributed by atoms with Crippen LogP contribution in [0.4, 0.5) is 11.4 Å². The fourth-order valence-electron chi connectivity index (χ4n) is 3.51. The number of hydrogen-bond donors (Lipinski definition) is 2. The zero-order valence-corrected chi connectivity index (χ0v) is 19.4. The average Bonchev–Trinajstić information content (AvgIpc) is 2.81. The number of rotatable bonds is 9. The normalized spacial score (nSPS) is 11.9. The van der Waals surface area contributed by atoms with Crippen LogP contribution >= 0.6 is 0 Å². The van der Waals surface area contributed by atoms with Crippen molar-refractivity contribution in [3.63, 3.8) is 0 Å². The first-order valence-corrected chi connectivity index (χ1v) is 12.4. The van der Waals surface area contributed by atoms with Crippen molar-refractivity contribution in [1.82, 2.24) is 5.32 Å². The van der Waals surface area contributed by atoms with Crippen molar-refractivity contribution in [2.75, 3.05) is 15.9 Å².